The molecule has 1 aromatic carbocycles. The van der Waals surface area contributed by atoms with E-state index in [1.54, 1.807) is 10.7 Å². The first-order valence-electron chi connectivity index (χ1n) is 11.2. The Hall–Kier alpha value is -3.40. The van der Waals surface area contributed by atoms with Crippen LogP contribution in [0.2, 0.25) is 0 Å². The lowest BCUT2D eigenvalue weighted by atomic mass is 9.84. The van der Waals surface area contributed by atoms with Crippen LogP contribution in [0.4, 0.5) is 10.5 Å². The zero-order valence-electron chi connectivity index (χ0n) is 19.3. The fourth-order valence-electron chi connectivity index (χ4n) is 3.73. The molecule has 0 saturated heterocycles. The highest BCUT2D eigenvalue weighted by molar-refractivity contribution is 7.75. The summed E-state index contributed by atoms with van der Waals surface area (Å²) in [7, 11) is -4.63. The second-order valence-corrected chi connectivity index (χ2v) is 8.24. The van der Waals surface area contributed by atoms with E-state index in [9.17, 15) is 9.00 Å². The maximum absolute atomic E-state index is 12.8. The minimum Gasteiger partial charge on any atom is -0.481 e. The molecular weight excluding hydrogens is 418 g/mol. The van der Waals surface area contributed by atoms with E-state index in [0.29, 0.717) is 35.8 Å². The van der Waals surface area contributed by atoms with Crippen molar-refractivity contribution in [1.82, 2.24) is 14.8 Å². The van der Waals surface area contributed by atoms with Gasteiger partial charge in [-0.3, -0.25) is 0 Å². The summed E-state index contributed by atoms with van der Waals surface area (Å²) < 4.78 is 50.5. The number of rotatable bonds is 4. The molecule has 5 rings (SSSR count). The maximum atomic E-state index is 12.8. The van der Waals surface area contributed by atoms with E-state index < -0.39 is 23.7 Å². The molecule has 3 aromatic rings. The largest absolute Gasteiger partial charge is 0.481 e. The zero-order valence-corrected chi connectivity index (χ0v) is 17.1. The van der Waals surface area contributed by atoms with Gasteiger partial charge >= 0.3 is 6.03 Å². The SMILES string of the molecule is [2H]C([2H])([2H])Oc1cc(-c2ccc3c(c2NC(=O)N=[S-](=O)c2cnn4c2OCCC4)CC3)ccn1. The van der Waals surface area contributed by atoms with Crippen molar-refractivity contribution in [2.75, 3.05) is 19.0 Å². The first-order chi connectivity index (χ1) is 16.3. The van der Waals surface area contributed by atoms with Crippen molar-refractivity contribution >= 4 is 22.3 Å². The van der Waals surface area contributed by atoms with Crippen LogP contribution in [0.5, 0.6) is 11.8 Å². The molecule has 0 unspecified atom stereocenters. The third-order valence-corrected chi connectivity index (χ3v) is 6.29. The molecule has 0 bridgehead atoms. The Morgan fingerprint density at radius 1 is 1.39 bits per heavy atom. The Kier molecular flexibility index (Phi) is 4.22. The number of urea groups is 1. The third kappa shape index (κ3) is 3.63. The minimum atomic E-state index is -2.64. The number of aromatic nitrogens is 3. The summed E-state index contributed by atoms with van der Waals surface area (Å²) in [6.45, 7) is 1.14. The van der Waals surface area contributed by atoms with E-state index in [0.717, 1.165) is 30.4 Å². The molecule has 2 aromatic heterocycles. The molecule has 1 N–H and O–H groups in total. The summed E-state index contributed by atoms with van der Waals surface area (Å²) in [5, 5.41) is 6.91. The summed E-state index contributed by atoms with van der Waals surface area (Å²) in [6, 6.07) is 6.20. The van der Waals surface area contributed by atoms with Crippen molar-refractivity contribution < 1.29 is 22.6 Å². The Morgan fingerprint density at radius 3 is 3.16 bits per heavy atom. The molecule has 1 aliphatic heterocycles. The quantitative estimate of drug-likeness (QED) is 0.620. The number of pyridine rings is 1. The Morgan fingerprint density at radius 2 is 2.32 bits per heavy atom. The summed E-state index contributed by atoms with van der Waals surface area (Å²) in [6.07, 6.45) is 5.28. The Balaban J connectivity index is 1.45. The predicted molar refractivity (Wildman–Crippen MR) is 114 cm³/mol. The molecule has 2 amide bonds. The van der Waals surface area contributed by atoms with Gasteiger partial charge in [-0.25, -0.2) is 14.5 Å². The molecule has 0 fully saturated rings. The fourth-order valence-corrected chi connectivity index (χ4v) is 4.47. The van der Waals surface area contributed by atoms with E-state index in [2.05, 4.69) is 19.8 Å². The van der Waals surface area contributed by atoms with Crippen molar-refractivity contribution in [2.24, 2.45) is 4.36 Å². The van der Waals surface area contributed by atoms with Gasteiger partial charge in [-0.15, -0.1) is 10.6 Å². The molecule has 0 saturated carbocycles. The van der Waals surface area contributed by atoms with Crippen LogP contribution in [0.25, 0.3) is 11.1 Å². The number of amides is 2. The number of carbonyl (C=O) groups is 1. The lowest BCUT2D eigenvalue weighted by Crippen LogP contribution is -2.17. The summed E-state index contributed by atoms with van der Waals surface area (Å²) in [5.41, 5.74) is 3.84. The van der Waals surface area contributed by atoms with Gasteiger partial charge in [0.1, 0.15) is 0 Å². The Labute approximate surface area is 184 Å². The van der Waals surface area contributed by atoms with Gasteiger partial charge in [-0.2, -0.15) is 5.10 Å². The number of fused-ring (bicyclic) bond motifs is 2. The second-order valence-electron chi connectivity index (χ2n) is 7.12. The summed E-state index contributed by atoms with van der Waals surface area (Å²) in [5.74, 6) is 0.304. The van der Waals surface area contributed by atoms with E-state index in [-0.39, 0.29) is 10.8 Å². The minimum absolute atomic E-state index is 0.0609. The number of hydrogen-bond acceptors (Lipinski definition) is 7. The number of anilines is 1. The number of aryl methyl sites for hydroxylation is 2. The highest BCUT2D eigenvalue weighted by Crippen LogP contribution is 2.39. The molecule has 160 valence electrons. The maximum Gasteiger partial charge on any atom is 0.322 e. The topological polar surface area (TPSA) is 108 Å². The van der Waals surface area contributed by atoms with Gasteiger partial charge in [0.05, 0.1) is 23.4 Å². The number of nitrogens with one attached hydrogen (secondary N) is 1. The summed E-state index contributed by atoms with van der Waals surface area (Å²) in [4.78, 5) is 17.0. The average molecular weight is 442 g/mol. The van der Waals surface area contributed by atoms with Gasteiger partial charge < -0.3 is 23.4 Å². The van der Waals surface area contributed by atoms with Gasteiger partial charge in [-0.1, -0.05) is 12.1 Å². The van der Waals surface area contributed by atoms with Crippen molar-refractivity contribution in [3.63, 3.8) is 0 Å². The molecular formula is C21H20N5O4S-. The van der Waals surface area contributed by atoms with Crippen LogP contribution in [0, 0.1) is 0 Å². The van der Waals surface area contributed by atoms with Crippen LogP contribution < -0.4 is 14.8 Å². The van der Waals surface area contributed by atoms with Crippen LogP contribution in [-0.4, -0.2) is 34.4 Å². The van der Waals surface area contributed by atoms with Crippen molar-refractivity contribution in [3.8, 4) is 22.9 Å². The van der Waals surface area contributed by atoms with Gasteiger partial charge in [-0.05, 0) is 40.5 Å². The number of nitrogens with zero attached hydrogens (tertiary/aromatic N) is 4. The van der Waals surface area contributed by atoms with Gasteiger partial charge in [0.15, 0.2) is 5.88 Å². The first-order valence-corrected chi connectivity index (χ1v) is 10.8. The highest BCUT2D eigenvalue weighted by atomic mass is 32.2. The zero-order chi connectivity index (χ0) is 23.9. The molecule has 9 nitrogen and oxygen atoms in total. The van der Waals surface area contributed by atoms with Crippen LogP contribution >= 0.6 is 0 Å². The van der Waals surface area contributed by atoms with Gasteiger partial charge in [0.2, 0.25) is 5.88 Å². The normalized spacial score (nSPS) is 17.1. The average Bonchev–Trinajstić information content (AvgIpc) is 3.18. The molecule has 31 heavy (non-hydrogen) atoms. The van der Waals surface area contributed by atoms with Crippen molar-refractivity contribution in [1.29, 1.82) is 0 Å². The van der Waals surface area contributed by atoms with Crippen LogP contribution in [0.15, 0.2) is 45.9 Å². The molecule has 10 heteroatoms. The third-order valence-electron chi connectivity index (χ3n) is 5.30. The van der Waals surface area contributed by atoms with Crippen molar-refractivity contribution in [2.45, 2.75) is 30.7 Å². The van der Waals surface area contributed by atoms with Gasteiger partial charge in [0.25, 0.3) is 0 Å². The number of hydrogen-bond donors (Lipinski definition) is 1. The van der Waals surface area contributed by atoms with E-state index in [1.807, 2.05) is 12.1 Å². The number of methoxy groups -OCH3 is 1. The fraction of sp³-hybridized carbons (Fsp3) is 0.286. The van der Waals surface area contributed by atoms with Crippen LogP contribution in [0.1, 0.15) is 21.7 Å². The standard InChI is InChI=1S/C21H20N5O4S/c1-29-18-11-14(7-8-22-18)16-6-4-13-3-5-15(13)19(16)24-21(27)25-31(28)17-12-23-26-9-2-10-30-20(17)26/h4,6-8,11-12H,2-3,5,9-10H2,1H3,(H,24,27)/q-1/i1D3. The monoisotopic (exact) mass is 441 g/mol. The molecule has 0 radical (unpaired) electrons. The molecule has 2 aliphatic rings. The molecule has 0 spiro atoms. The number of carbonyl (C=O) groups excluding carboxylic acids is 1. The highest BCUT2D eigenvalue weighted by Gasteiger charge is 2.22. The molecule has 3 heterocycles. The van der Waals surface area contributed by atoms with Crippen molar-refractivity contribution in [3.05, 3.63) is 47.8 Å². The van der Waals surface area contributed by atoms with Crippen LogP contribution in [0.3, 0.4) is 0 Å². The van der Waals surface area contributed by atoms with E-state index in [1.165, 1.54) is 18.5 Å². The molecule has 1 aliphatic carbocycles. The van der Waals surface area contributed by atoms with Crippen LogP contribution in [-0.2, 0) is 34.2 Å². The number of ether oxygens (including phenoxy) is 2. The Bertz CT molecular complexity index is 1360. The first kappa shape index (κ1) is 16.3. The predicted octanol–water partition coefficient (Wildman–Crippen LogP) is 3.57. The lowest BCUT2D eigenvalue weighted by Gasteiger charge is -2.25. The lowest BCUT2D eigenvalue weighted by molar-refractivity contribution is 0.225. The van der Waals surface area contributed by atoms with E-state index >= 15 is 0 Å². The van der Waals surface area contributed by atoms with Gasteiger partial charge in [0, 0.05) is 37.0 Å². The molecule has 0 atom stereocenters. The second kappa shape index (κ2) is 8.03. The number of benzene rings is 1. The summed E-state index contributed by atoms with van der Waals surface area (Å²) >= 11 is 0. The smallest absolute Gasteiger partial charge is 0.322 e. The van der Waals surface area contributed by atoms with E-state index in [4.69, 9.17) is 13.6 Å².